The quantitative estimate of drug-likeness (QED) is 0.916. The molecule has 0 spiro atoms. The molecule has 120 valence electrons. The SMILES string of the molecule is Cc1ccccc1C(=O)NCCc1ccc(N2CCCC2)cc1. The highest BCUT2D eigenvalue weighted by Gasteiger charge is 2.12. The van der Waals surface area contributed by atoms with Gasteiger partial charge in [-0.3, -0.25) is 4.79 Å². The van der Waals surface area contributed by atoms with Crippen molar-refractivity contribution in [3.8, 4) is 0 Å². The molecule has 1 N–H and O–H groups in total. The van der Waals surface area contributed by atoms with Gasteiger partial charge in [-0.1, -0.05) is 30.3 Å². The molecule has 3 nitrogen and oxygen atoms in total. The van der Waals surface area contributed by atoms with E-state index in [1.165, 1.54) is 37.2 Å². The summed E-state index contributed by atoms with van der Waals surface area (Å²) in [6.07, 6.45) is 3.46. The Balaban J connectivity index is 1.50. The first-order valence-corrected chi connectivity index (χ1v) is 8.42. The number of carbonyl (C=O) groups excluding carboxylic acids is 1. The van der Waals surface area contributed by atoms with Gasteiger partial charge in [-0.2, -0.15) is 0 Å². The minimum Gasteiger partial charge on any atom is -0.372 e. The highest BCUT2D eigenvalue weighted by Crippen LogP contribution is 2.20. The van der Waals surface area contributed by atoms with Gasteiger partial charge in [-0.25, -0.2) is 0 Å². The Labute approximate surface area is 138 Å². The summed E-state index contributed by atoms with van der Waals surface area (Å²) in [7, 11) is 0. The average molecular weight is 308 g/mol. The Morgan fingerprint density at radius 3 is 2.43 bits per heavy atom. The number of hydrogen-bond acceptors (Lipinski definition) is 2. The summed E-state index contributed by atoms with van der Waals surface area (Å²) < 4.78 is 0. The molecule has 0 atom stereocenters. The average Bonchev–Trinajstić information content (AvgIpc) is 3.10. The zero-order valence-electron chi connectivity index (χ0n) is 13.7. The van der Waals surface area contributed by atoms with E-state index in [2.05, 4.69) is 34.5 Å². The zero-order valence-corrected chi connectivity index (χ0v) is 13.7. The van der Waals surface area contributed by atoms with Crippen LogP contribution in [0.15, 0.2) is 48.5 Å². The normalized spacial score (nSPS) is 14.0. The van der Waals surface area contributed by atoms with Crippen LogP contribution in [-0.4, -0.2) is 25.5 Å². The lowest BCUT2D eigenvalue weighted by molar-refractivity contribution is 0.0953. The van der Waals surface area contributed by atoms with Gasteiger partial charge in [0.1, 0.15) is 0 Å². The number of carbonyl (C=O) groups is 1. The van der Waals surface area contributed by atoms with Gasteiger partial charge in [0, 0.05) is 30.9 Å². The van der Waals surface area contributed by atoms with E-state index in [9.17, 15) is 4.79 Å². The van der Waals surface area contributed by atoms with Crippen molar-refractivity contribution in [1.29, 1.82) is 0 Å². The van der Waals surface area contributed by atoms with Crippen LogP contribution in [0.3, 0.4) is 0 Å². The molecule has 0 aliphatic carbocycles. The minimum absolute atomic E-state index is 0.0109. The number of hydrogen-bond donors (Lipinski definition) is 1. The van der Waals surface area contributed by atoms with E-state index >= 15 is 0 Å². The third kappa shape index (κ3) is 3.92. The largest absolute Gasteiger partial charge is 0.372 e. The zero-order chi connectivity index (χ0) is 16.1. The van der Waals surface area contributed by atoms with Crippen LogP contribution in [0.2, 0.25) is 0 Å². The van der Waals surface area contributed by atoms with E-state index in [1.807, 2.05) is 31.2 Å². The fourth-order valence-electron chi connectivity index (χ4n) is 3.09. The van der Waals surface area contributed by atoms with Gasteiger partial charge in [-0.05, 0) is 55.5 Å². The number of amides is 1. The molecule has 1 heterocycles. The molecule has 0 saturated carbocycles. The van der Waals surface area contributed by atoms with Gasteiger partial charge in [0.15, 0.2) is 0 Å². The number of rotatable bonds is 5. The maximum absolute atomic E-state index is 12.2. The smallest absolute Gasteiger partial charge is 0.251 e. The highest BCUT2D eigenvalue weighted by molar-refractivity contribution is 5.95. The second-order valence-corrected chi connectivity index (χ2v) is 6.18. The molecule has 2 aromatic rings. The first kappa shape index (κ1) is 15.6. The van der Waals surface area contributed by atoms with Crippen molar-refractivity contribution < 1.29 is 4.79 Å². The molecule has 0 unspecified atom stereocenters. The number of benzene rings is 2. The summed E-state index contributed by atoms with van der Waals surface area (Å²) in [6.45, 7) is 4.97. The van der Waals surface area contributed by atoms with Crippen LogP contribution < -0.4 is 10.2 Å². The molecule has 3 heteroatoms. The van der Waals surface area contributed by atoms with E-state index in [1.54, 1.807) is 0 Å². The molecule has 23 heavy (non-hydrogen) atoms. The van der Waals surface area contributed by atoms with Crippen LogP contribution in [-0.2, 0) is 6.42 Å². The van der Waals surface area contributed by atoms with Gasteiger partial charge in [-0.15, -0.1) is 0 Å². The minimum atomic E-state index is 0.0109. The molecule has 1 amide bonds. The number of nitrogens with one attached hydrogen (secondary N) is 1. The fourth-order valence-corrected chi connectivity index (χ4v) is 3.09. The standard InChI is InChI=1S/C20H24N2O/c1-16-6-2-3-7-19(16)20(23)21-13-12-17-8-10-18(11-9-17)22-14-4-5-15-22/h2-3,6-11H,4-5,12-15H2,1H3,(H,21,23). The first-order valence-electron chi connectivity index (χ1n) is 8.42. The molecule has 1 saturated heterocycles. The van der Waals surface area contributed by atoms with Crippen LogP contribution in [0.4, 0.5) is 5.69 Å². The second kappa shape index (κ2) is 7.32. The first-order chi connectivity index (χ1) is 11.2. The van der Waals surface area contributed by atoms with Crippen LogP contribution in [0.1, 0.15) is 34.3 Å². The van der Waals surface area contributed by atoms with Gasteiger partial charge in [0.05, 0.1) is 0 Å². The van der Waals surface area contributed by atoms with Crippen molar-refractivity contribution in [2.45, 2.75) is 26.2 Å². The fraction of sp³-hybridized carbons (Fsp3) is 0.350. The molecule has 0 radical (unpaired) electrons. The summed E-state index contributed by atoms with van der Waals surface area (Å²) in [5.74, 6) is 0.0109. The molecule has 0 aromatic heterocycles. The molecule has 1 aliphatic heterocycles. The molecule has 0 bridgehead atoms. The van der Waals surface area contributed by atoms with Crippen LogP contribution in [0.25, 0.3) is 0 Å². The maximum Gasteiger partial charge on any atom is 0.251 e. The lowest BCUT2D eigenvalue weighted by Gasteiger charge is -2.17. The lowest BCUT2D eigenvalue weighted by atomic mass is 10.1. The molecule has 3 rings (SSSR count). The molecular formula is C20H24N2O. The van der Waals surface area contributed by atoms with E-state index in [0.29, 0.717) is 6.54 Å². The van der Waals surface area contributed by atoms with Crippen molar-refractivity contribution in [3.05, 3.63) is 65.2 Å². The van der Waals surface area contributed by atoms with Crippen molar-refractivity contribution >= 4 is 11.6 Å². The maximum atomic E-state index is 12.2. The van der Waals surface area contributed by atoms with Crippen molar-refractivity contribution in [2.75, 3.05) is 24.5 Å². The summed E-state index contributed by atoms with van der Waals surface area (Å²) in [4.78, 5) is 14.6. The molecule has 2 aromatic carbocycles. The van der Waals surface area contributed by atoms with E-state index in [0.717, 1.165) is 17.5 Å². The number of anilines is 1. The Hall–Kier alpha value is -2.29. The molecule has 1 fully saturated rings. The van der Waals surface area contributed by atoms with E-state index in [4.69, 9.17) is 0 Å². The highest BCUT2D eigenvalue weighted by atomic mass is 16.1. The van der Waals surface area contributed by atoms with Crippen molar-refractivity contribution in [2.24, 2.45) is 0 Å². The third-order valence-electron chi connectivity index (χ3n) is 4.50. The van der Waals surface area contributed by atoms with Gasteiger partial charge in [0.25, 0.3) is 5.91 Å². The third-order valence-corrected chi connectivity index (χ3v) is 4.50. The predicted octanol–water partition coefficient (Wildman–Crippen LogP) is 3.57. The van der Waals surface area contributed by atoms with Gasteiger partial charge >= 0.3 is 0 Å². The second-order valence-electron chi connectivity index (χ2n) is 6.18. The van der Waals surface area contributed by atoms with Gasteiger partial charge in [0.2, 0.25) is 0 Å². The summed E-state index contributed by atoms with van der Waals surface area (Å²) in [5.41, 5.74) is 4.35. The Morgan fingerprint density at radius 1 is 1.04 bits per heavy atom. The molecular weight excluding hydrogens is 284 g/mol. The Kier molecular flexibility index (Phi) is 4.96. The Bertz CT molecular complexity index is 658. The van der Waals surface area contributed by atoms with E-state index in [-0.39, 0.29) is 5.91 Å². The lowest BCUT2D eigenvalue weighted by Crippen LogP contribution is -2.26. The van der Waals surface area contributed by atoms with Crippen LogP contribution in [0, 0.1) is 6.92 Å². The predicted molar refractivity (Wildman–Crippen MR) is 95.1 cm³/mol. The van der Waals surface area contributed by atoms with Crippen LogP contribution in [0.5, 0.6) is 0 Å². The van der Waals surface area contributed by atoms with Crippen molar-refractivity contribution in [1.82, 2.24) is 5.32 Å². The van der Waals surface area contributed by atoms with E-state index < -0.39 is 0 Å². The number of nitrogens with zero attached hydrogens (tertiary/aromatic N) is 1. The summed E-state index contributed by atoms with van der Waals surface area (Å²) in [5, 5.41) is 3.01. The Morgan fingerprint density at radius 2 is 1.74 bits per heavy atom. The van der Waals surface area contributed by atoms with Gasteiger partial charge < -0.3 is 10.2 Å². The van der Waals surface area contributed by atoms with Crippen molar-refractivity contribution in [3.63, 3.8) is 0 Å². The molecule has 1 aliphatic rings. The number of aryl methyl sites for hydroxylation is 1. The topological polar surface area (TPSA) is 32.3 Å². The monoisotopic (exact) mass is 308 g/mol. The van der Waals surface area contributed by atoms with Crippen LogP contribution >= 0.6 is 0 Å². The summed E-state index contributed by atoms with van der Waals surface area (Å²) in [6, 6.07) is 16.4. The summed E-state index contributed by atoms with van der Waals surface area (Å²) >= 11 is 0.